The van der Waals surface area contributed by atoms with Gasteiger partial charge in [0.15, 0.2) is 5.96 Å². The first-order valence-corrected chi connectivity index (χ1v) is 16.5. The molecule has 43 heavy (non-hydrogen) atoms. The van der Waals surface area contributed by atoms with Crippen molar-refractivity contribution in [2.45, 2.75) is 85.0 Å². The average molecular weight is 624 g/mol. The number of anilines is 1. The Kier molecular flexibility index (Phi) is 8.29. The molecule has 2 bridgehead atoms. The van der Waals surface area contributed by atoms with Gasteiger partial charge in [0.05, 0.1) is 23.3 Å². The number of nitrogens with zero attached hydrogens (tertiary/aromatic N) is 4. The van der Waals surface area contributed by atoms with E-state index in [1.54, 1.807) is 17.0 Å². The van der Waals surface area contributed by atoms with E-state index < -0.39 is 0 Å². The zero-order chi connectivity index (χ0) is 30.6. The van der Waals surface area contributed by atoms with Gasteiger partial charge in [0.25, 0.3) is 5.56 Å². The van der Waals surface area contributed by atoms with Crippen molar-refractivity contribution in [3.05, 3.63) is 68.7 Å². The Morgan fingerprint density at radius 3 is 2.53 bits per heavy atom. The van der Waals surface area contributed by atoms with E-state index in [1.807, 2.05) is 37.3 Å². The van der Waals surface area contributed by atoms with Crippen molar-refractivity contribution in [2.24, 2.45) is 28.2 Å². The third-order valence-corrected chi connectivity index (χ3v) is 11.1. The van der Waals surface area contributed by atoms with Gasteiger partial charge in [0, 0.05) is 46.9 Å². The summed E-state index contributed by atoms with van der Waals surface area (Å²) >= 11 is 12.5. The van der Waals surface area contributed by atoms with Crippen LogP contribution in [0.3, 0.4) is 0 Å². The molecule has 4 aliphatic rings. The molecule has 3 saturated carbocycles. The molecule has 4 fully saturated rings. The molecule has 7 nitrogen and oxygen atoms in total. The Morgan fingerprint density at radius 2 is 1.86 bits per heavy atom. The molecule has 230 valence electrons. The normalized spacial score (nSPS) is 29.3. The minimum absolute atomic E-state index is 0.0642. The van der Waals surface area contributed by atoms with Crippen molar-refractivity contribution < 1.29 is 0 Å². The van der Waals surface area contributed by atoms with Crippen LogP contribution in [0.5, 0.6) is 0 Å². The number of piperazine rings is 1. The van der Waals surface area contributed by atoms with Crippen molar-refractivity contribution in [3.63, 3.8) is 0 Å². The van der Waals surface area contributed by atoms with Crippen LogP contribution in [-0.4, -0.2) is 51.6 Å². The molecular weight excluding hydrogens is 579 g/mol. The summed E-state index contributed by atoms with van der Waals surface area (Å²) in [7, 11) is 0. The van der Waals surface area contributed by atoms with Gasteiger partial charge >= 0.3 is 0 Å². The lowest BCUT2D eigenvalue weighted by atomic mass is 9.45. The average Bonchev–Trinajstić information content (AvgIpc) is 2.94. The van der Waals surface area contributed by atoms with Crippen LogP contribution >= 0.6 is 23.2 Å². The van der Waals surface area contributed by atoms with Gasteiger partial charge in [0.1, 0.15) is 0 Å². The number of guanidine groups is 1. The first-order chi connectivity index (χ1) is 20.4. The second kappa shape index (κ2) is 11.7. The Hall–Kier alpha value is -2.61. The number of aliphatic imine (C=N–C) groups is 1. The molecule has 2 heterocycles. The van der Waals surface area contributed by atoms with Crippen molar-refractivity contribution in [3.8, 4) is 0 Å². The van der Waals surface area contributed by atoms with E-state index in [9.17, 15) is 4.79 Å². The molecule has 2 N–H and O–H groups in total. The summed E-state index contributed by atoms with van der Waals surface area (Å²) in [6, 6.07) is 12.2. The van der Waals surface area contributed by atoms with Crippen LogP contribution in [-0.2, 0) is 6.42 Å². The van der Waals surface area contributed by atoms with Crippen molar-refractivity contribution in [1.82, 2.24) is 19.8 Å². The largest absolute Gasteiger partial charge is 0.340 e. The SMILES string of the molecule is C[C@@H]1CN(/C(=N\C2C[C@H]3C[C@@H]([C@@H]2C)C3(C)C)Nc2ccc3c(=O)n([C@H](C)Cc4ccc(Cl)cc4Cl)cnc3c2)C[C@H](C)N1. The summed E-state index contributed by atoms with van der Waals surface area (Å²) in [5.74, 6) is 2.95. The molecule has 2 aromatic carbocycles. The number of hydrogen-bond donors (Lipinski definition) is 2. The maximum atomic E-state index is 13.5. The van der Waals surface area contributed by atoms with Gasteiger partial charge in [-0.3, -0.25) is 9.36 Å². The predicted molar refractivity (Wildman–Crippen MR) is 179 cm³/mol. The van der Waals surface area contributed by atoms with Crippen LogP contribution in [0, 0.1) is 23.2 Å². The lowest BCUT2D eigenvalue weighted by Gasteiger charge is -2.61. The van der Waals surface area contributed by atoms with Crippen LogP contribution in [0.1, 0.15) is 66.0 Å². The van der Waals surface area contributed by atoms with E-state index in [2.05, 4.69) is 50.2 Å². The predicted octanol–water partition coefficient (Wildman–Crippen LogP) is 7.03. The Morgan fingerprint density at radius 1 is 1.12 bits per heavy atom. The van der Waals surface area contributed by atoms with Crippen LogP contribution in [0.2, 0.25) is 10.0 Å². The Balaban J connectivity index is 1.26. The molecule has 7 rings (SSSR count). The molecule has 0 amide bonds. The van der Waals surface area contributed by atoms with Crippen molar-refractivity contribution in [2.75, 3.05) is 18.4 Å². The maximum Gasteiger partial charge on any atom is 0.261 e. The molecule has 0 spiro atoms. The fourth-order valence-electron chi connectivity index (χ4n) is 7.90. The highest BCUT2D eigenvalue weighted by molar-refractivity contribution is 6.35. The van der Waals surface area contributed by atoms with E-state index in [-0.39, 0.29) is 11.6 Å². The monoisotopic (exact) mass is 622 g/mol. The van der Waals surface area contributed by atoms with Gasteiger partial charge in [-0.05, 0) is 99.1 Å². The molecule has 0 radical (unpaired) electrons. The van der Waals surface area contributed by atoms with Crippen molar-refractivity contribution in [1.29, 1.82) is 0 Å². The quantitative estimate of drug-likeness (QED) is 0.236. The van der Waals surface area contributed by atoms with Gasteiger partial charge in [-0.2, -0.15) is 0 Å². The highest BCUT2D eigenvalue weighted by atomic mass is 35.5. The molecule has 1 aliphatic heterocycles. The molecule has 9 heteroatoms. The number of halogens is 2. The fourth-order valence-corrected chi connectivity index (χ4v) is 8.39. The molecular formula is C34H44Cl2N6O. The molecule has 1 saturated heterocycles. The summed E-state index contributed by atoms with van der Waals surface area (Å²) < 4.78 is 1.69. The van der Waals surface area contributed by atoms with Crippen LogP contribution in [0.4, 0.5) is 5.69 Å². The molecule has 1 unspecified atom stereocenters. The fraction of sp³-hybridized carbons (Fsp3) is 0.559. The molecule has 7 atom stereocenters. The lowest BCUT2D eigenvalue weighted by Crippen LogP contribution is -2.59. The summed E-state index contributed by atoms with van der Waals surface area (Å²) in [6.07, 6.45) is 4.73. The topological polar surface area (TPSA) is 74.5 Å². The summed E-state index contributed by atoms with van der Waals surface area (Å²) in [5, 5.41) is 9.11. The first-order valence-electron chi connectivity index (χ1n) is 15.7. The van der Waals surface area contributed by atoms with Crippen LogP contribution < -0.4 is 16.2 Å². The maximum absolute atomic E-state index is 13.5. The van der Waals surface area contributed by atoms with E-state index in [0.717, 1.165) is 48.6 Å². The zero-order valence-corrected chi connectivity index (χ0v) is 27.6. The van der Waals surface area contributed by atoms with Gasteiger partial charge in [-0.1, -0.05) is 50.0 Å². The van der Waals surface area contributed by atoms with Crippen LogP contribution in [0.15, 0.2) is 52.5 Å². The second-order valence-electron chi connectivity index (χ2n) is 14.0. The Bertz CT molecular complexity index is 1590. The Labute approximate surface area is 265 Å². The number of nitrogens with one attached hydrogen (secondary N) is 2. The number of benzene rings is 2. The molecule has 3 aromatic rings. The number of hydrogen-bond acceptors (Lipinski definition) is 4. The van der Waals surface area contributed by atoms with Gasteiger partial charge in [0.2, 0.25) is 0 Å². The number of fused-ring (bicyclic) bond motifs is 3. The number of aromatic nitrogens is 2. The summed E-state index contributed by atoms with van der Waals surface area (Å²) in [5.41, 5.74) is 2.86. The minimum Gasteiger partial charge on any atom is -0.340 e. The third-order valence-electron chi connectivity index (χ3n) is 10.5. The minimum atomic E-state index is -0.120. The third kappa shape index (κ3) is 5.93. The standard InChI is InChI=1S/C34H44Cl2N6O/c1-19-16-41(17-20(2)38-19)33(40-30-13-24-12-28(22(30)4)34(24,5)6)39-26-9-10-27-31(15-26)37-18-42(32(27)43)21(3)11-23-7-8-25(35)14-29(23)36/h7-10,14-15,18-22,24,28,30,38H,11-13,16-17H2,1-6H3,(H,39,40)/t19-,20+,21-,22+,24-,28+,30?/m1/s1. The van der Waals surface area contributed by atoms with E-state index in [0.29, 0.717) is 56.8 Å². The molecule has 3 aliphatic carbocycles. The number of rotatable bonds is 5. The second-order valence-corrected chi connectivity index (χ2v) is 14.8. The molecule has 1 aromatic heterocycles. The van der Waals surface area contributed by atoms with Gasteiger partial charge in [-0.25, -0.2) is 9.98 Å². The summed E-state index contributed by atoms with van der Waals surface area (Å²) in [6.45, 7) is 15.5. The zero-order valence-electron chi connectivity index (χ0n) is 26.1. The van der Waals surface area contributed by atoms with Crippen LogP contribution in [0.25, 0.3) is 10.9 Å². The van der Waals surface area contributed by atoms with Crippen molar-refractivity contribution >= 4 is 45.8 Å². The smallest absolute Gasteiger partial charge is 0.261 e. The van der Waals surface area contributed by atoms with E-state index >= 15 is 0 Å². The van der Waals surface area contributed by atoms with E-state index in [4.69, 9.17) is 33.2 Å². The first kappa shape index (κ1) is 30.4. The van der Waals surface area contributed by atoms with Gasteiger partial charge < -0.3 is 15.5 Å². The van der Waals surface area contributed by atoms with E-state index in [1.165, 1.54) is 6.42 Å². The summed E-state index contributed by atoms with van der Waals surface area (Å²) in [4.78, 5) is 26.1. The van der Waals surface area contributed by atoms with Gasteiger partial charge in [-0.15, -0.1) is 0 Å². The highest BCUT2D eigenvalue weighted by Crippen LogP contribution is 2.61. The lowest BCUT2D eigenvalue weighted by molar-refractivity contribution is -0.108. The highest BCUT2D eigenvalue weighted by Gasteiger charge is 2.56.